The fourth-order valence-electron chi connectivity index (χ4n) is 1.57. The summed E-state index contributed by atoms with van der Waals surface area (Å²) in [5.74, 6) is 1.05. The molecule has 1 aromatic rings. The van der Waals surface area contributed by atoms with Gasteiger partial charge in [-0.15, -0.1) is 0 Å². The zero-order valence-electron chi connectivity index (χ0n) is 11.2. The summed E-state index contributed by atoms with van der Waals surface area (Å²) in [6.07, 6.45) is -0.584. The predicted molar refractivity (Wildman–Crippen MR) is 69.8 cm³/mol. The van der Waals surface area contributed by atoms with Crippen molar-refractivity contribution in [2.75, 3.05) is 14.2 Å². The van der Waals surface area contributed by atoms with Crippen molar-refractivity contribution in [3.05, 3.63) is 23.8 Å². The quantitative estimate of drug-likeness (QED) is 0.826. The highest BCUT2D eigenvalue weighted by Gasteiger charge is 2.16. The minimum Gasteiger partial charge on any atom is -0.497 e. The number of nitrogens with two attached hydrogens (primary N) is 1. The van der Waals surface area contributed by atoms with Crippen LogP contribution in [0.1, 0.15) is 25.5 Å². The van der Waals surface area contributed by atoms with E-state index in [1.807, 2.05) is 19.1 Å². The molecule has 1 amide bonds. The van der Waals surface area contributed by atoms with E-state index >= 15 is 0 Å². The van der Waals surface area contributed by atoms with Gasteiger partial charge in [0.05, 0.1) is 7.11 Å². The smallest absolute Gasteiger partial charge is 0.260 e. The lowest BCUT2D eigenvalue weighted by Gasteiger charge is -2.18. The lowest BCUT2D eigenvalue weighted by molar-refractivity contribution is -0.126. The van der Waals surface area contributed by atoms with Gasteiger partial charge in [0.15, 0.2) is 6.10 Å². The van der Waals surface area contributed by atoms with Gasteiger partial charge in [-0.1, -0.05) is 6.07 Å². The van der Waals surface area contributed by atoms with E-state index in [9.17, 15) is 4.79 Å². The van der Waals surface area contributed by atoms with E-state index in [1.165, 1.54) is 0 Å². The molecule has 3 N–H and O–H groups in total. The number of benzene rings is 1. The van der Waals surface area contributed by atoms with Crippen LogP contribution in [0.4, 0.5) is 0 Å². The molecule has 0 spiro atoms. The average molecular weight is 252 g/mol. The number of rotatable bonds is 5. The van der Waals surface area contributed by atoms with Crippen molar-refractivity contribution in [1.82, 2.24) is 5.32 Å². The summed E-state index contributed by atoms with van der Waals surface area (Å²) in [6.45, 7) is 3.54. The molecule has 0 heterocycles. The van der Waals surface area contributed by atoms with Gasteiger partial charge in [0.25, 0.3) is 5.91 Å². The number of methoxy groups -OCH3 is 1. The summed E-state index contributed by atoms with van der Waals surface area (Å²) in [4.78, 5) is 11.5. The topological polar surface area (TPSA) is 73.6 Å². The second-order valence-corrected chi connectivity index (χ2v) is 4.07. The third-order valence-corrected chi connectivity index (χ3v) is 2.63. The van der Waals surface area contributed by atoms with Crippen LogP contribution in [0.3, 0.4) is 0 Å². The van der Waals surface area contributed by atoms with Crippen molar-refractivity contribution in [1.29, 1.82) is 0 Å². The van der Waals surface area contributed by atoms with E-state index in [4.69, 9.17) is 15.2 Å². The first-order valence-electron chi connectivity index (χ1n) is 5.81. The molecule has 0 bridgehead atoms. The van der Waals surface area contributed by atoms with E-state index in [0.29, 0.717) is 11.5 Å². The molecule has 1 aromatic carbocycles. The number of hydrogen-bond donors (Lipinski definition) is 2. The Balaban J connectivity index is 3.00. The van der Waals surface area contributed by atoms with Gasteiger partial charge in [0.1, 0.15) is 11.5 Å². The van der Waals surface area contributed by atoms with Crippen LogP contribution in [0.15, 0.2) is 18.2 Å². The van der Waals surface area contributed by atoms with Crippen LogP contribution in [0.5, 0.6) is 11.5 Å². The Labute approximate surface area is 107 Å². The Hall–Kier alpha value is -1.75. The normalized spacial score (nSPS) is 13.6. The van der Waals surface area contributed by atoms with E-state index < -0.39 is 6.10 Å². The van der Waals surface area contributed by atoms with E-state index in [2.05, 4.69) is 5.32 Å². The van der Waals surface area contributed by atoms with E-state index in [-0.39, 0.29) is 11.9 Å². The molecule has 18 heavy (non-hydrogen) atoms. The number of carbonyl (C=O) groups excluding carboxylic acids is 1. The Kier molecular flexibility index (Phi) is 4.97. The molecule has 0 radical (unpaired) electrons. The standard InChI is InChI=1S/C13H20N2O3/c1-8(14)11-6-5-10(17-4)7-12(11)18-9(2)13(16)15-3/h5-9H,14H2,1-4H3,(H,15,16). The number of nitrogens with one attached hydrogen (secondary N) is 1. The number of ether oxygens (including phenoxy) is 2. The van der Waals surface area contributed by atoms with Crippen LogP contribution >= 0.6 is 0 Å². The Morgan fingerprint density at radius 2 is 2.06 bits per heavy atom. The first-order valence-corrected chi connectivity index (χ1v) is 5.81. The molecule has 5 nitrogen and oxygen atoms in total. The van der Waals surface area contributed by atoms with Gasteiger partial charge in [-0.3, -0.25) is 4.79 Å². The number of hydrogen-bond acceptors (Lipinski definition) is 4. The van der Waals surface area contributed by atoms with Gasteiger partial charge < -0.3 is 20.5 Å². The monoisotopic (exact) mass is 252 g/mol. The Morgan fingerprint density at radius 3 is 2.56 bits per heavy atom. The minimum atomic E-state index is -0.584. The highest BCUT2D eigenvalue weighted by atomic mass is 16.5. The van der Waals surface area contributed by atoms with Gasteiger partial charge in [-0.25, -0.2) is 0 Å². The van der Waals surface area contributed by atoms with Gasteiger partial charge in [0.2, 0.25) is 0 Å². The van der Waals surface area contributed by atoms with E-state index in [0.717, 1.165) is 5.56 Å². The van der Waals surface area contributed by atoms with Crippen LogP contribution in [-0.2, 0) is 4.79 Å². The molecule has 2 atom stereocenters. The molecule has 100 valence electrons. The molecule has 0 saturated carbocycles. The summed E-state index contributed by atoms with van der Waals surface area (Å²) < 4.78 is 10.8. The maximum atomic E-state index is 11.5. The highest BCUT2D eigenvalue weighted by Crippen LogP contribution is 2.29. The Bertz CT molecular complexity index is 419. The fourth-order valence-corrected chi connectivity index (χ4v) is 1.57. The minimum absolute atomic E-state index is 0.178. The maximum Gasteiger partial charge on any atom is 0.260 e. The fraction of sp³-hybridized carbons (Fsp3) is 0.462. The average Bonchev–Trinajstić information content (AvgIpc) is 2.37. The van der Waals surface area contributed by atoms with Crippen LogP contribution in [0, 0.1) is 0 Å². The molecule has 0 aliphatic carbocycles. The van der Waals surface area contributed by atoms with Crippen molar-refractivity contribution >= 4 is 5.91 Å². The first-order chi connectivity index (χ1) is 8.49. The van der Waals surface area contributed by atoms with Crippen LogP contribution in [-0.4, -0.2) is 26.2 Å². The zero-order chi connectivity index (χ0) is 13.7. The van der Waals surface area contributed by atoms with Crippen LogP contribution in [0.25, 0.3) is 0 Å². The van der Waals surface area contributed by atoms with Crippen molar-refractivity contribution < 1.29 is 14.3 Å². The van der Waals surface area contributed by atoms with Gasteiger partial charge in [-0.2, -0.15) is 0 Å². The summed E-state index contributed by atoms with van der Waals surface area (Å²) in [5, 5.41) is 2.54. The maximum absolute atomic E-state index is 11.5. The second-order valence-electron chi connectivity index (χ2n) is 4.07. The van der Waals surface area contributed by atoms with Crippen molar-refractivity contribution in [3.8, 4) is 11.5 Å². The van der Waals surface area contributed by atoms with E-state index in [1.54, 1.807) is 27.1 Å². The molecule has 2 unspecified atom stereocenters. The van der Waals surface area contributed by atoms with Gasteiger partial charge in [-0.05, 0) is 19.9 Å². The molecular formula is C13H20N2O3. The number of amides is 1. The number of carbonyl (C=O) groups is 1. The zero-order valence-corrected chi connectivity index (χ0v) is 11.2. The molecule has 0 saturated heterocycles. The third-order valence-electron chi connectivity index (χ3n) is 2.63. The molecule has 0 aliphatic heterocycles. The molecule has 0 aliphatic rings. The molecular weight excluding hydrogens is 232 g/mol. The third kappa shape index (κ3) is 3.37. The van der Waals surface area contributed by atoms with Crippen LogP contribution < -0.4 is 20.5 Å². The summed E-state index contributed by atoms with van der Waals surface area (Å²) in [5.41, 5.74) is 6.71. The summed E-state index contributed by atoms with van der Waals surface area (Å²) >= 11 is 0. The lowest BCUT2D eigenvalue weighted by Crippen LogP contribution is -2.34. The molecule has 1 rings (SSSR count). The summed E-state index contributed by atoms with van der Waals surface area (Å²) in [7, 11) is 3.15. The highest BCUT2D eigenvalue weighted by molar-refractivity contribution is 5.80. The van der Waals surface area contributed by atoms with Gasteiger partial charge >= 0.3 is 0 Å². The van der Waals surface area contributed by atoms with Gasteiger partial charge in [0, 0.05) is 24.7 Å². The largest absolute Gasteiger partial charge is 0.497 e. The van der Waals surface area contributed by atoms with Crippen LogP contribution in [0.2, 0.25) is 0 Å². The lowest BCUT2D eigenvalue weighted by atomic mass is 10.1. The van der Waals surface area contributed by atoms with Crippen molar-refractivity contribution in [3.63, 3.8) is 0 Å². The Morgan fingerprint density at radius 1 is 1.39 bits per heavy atom. The molecule has 0 fully saturated rings. The molecule has 0 aromatic heterocycles. The molecule has 5 heteroatoms. The number of likely N-dealkylation sites (N-methyl/N-ethyl adjacent to an activating group) is 1. The second kappa shape index (κ2) is 6.26. The predicted octanol–water partition coefficient (Wildman–Crippen LogP) is 1.23. The summed E-state index contributed by atoms with van der Waals surface area (Å²) in [6, 6.07) is 5.21. The van der Waals surface area contributed by atoms with Crippen molar-refractivity contribution in [2.24, 2.45) is 5.73 Å². The van der Waals surface area contributed by atoms with Crippen molar-refractivity contribution in [2.45, 2.75) is 26.0 Å². The first kappa shape index (κ1) is 14.3. The SMILES string of the molecule is CNC(=O)C(C)Oc1cc(OC)ccc1C(C)N.